The minimum atomic E-state index is -0.625. The number of hydrogen-bond donors (Lipinski definition) is 0. The van der Waals surface area contributed by atoms with Crippen molar-refractivity contribution < 1.29 is 18.7 Å². The van der Waals surface area contributed by atoms with Crippen LogP contribution in [0.25, 0.3) is 17.2 Å². The Morgan fingerprint density at radius 2 is 2.12 bits per heavy atom. The molecule has 0 spiro atoms. The highest BCUT2D eigenvalue weighted by molar-refractivity contribution is 7.09. The van der Waals surface area contributed by atoms with Crippen molar-refractivity contribution in [3.8, 4) is 0 Å². The van der Waals surface area contributed by atoms with E-state index in [1.54, 1.807) is 24.5 Å². The van der Waals surface area contributed by atoms with Crippen LogP contribution in [0.1, 0.15) is 10.8 Å². The molecule has 3 rings (SSSR count). The third kappa shape index (κ3) is 4.54. The average molecular weight is 356 g/mol. The number of likely N-dealkylation sites (N-methyl/N-ethyl adjacent to an activating group) is 1. The first-order chi connectivity index (χ1) is 12.1. The molecule has 0 saturated heterocycles. The Morgan fingerprint density at radius 3 is 2.88 bits per heavy atom. The minimum absolute atomic E-state index is 0.267. The molecule has 0 aliphatic rings. The van der Waals surface area contributed by atoms with Crippen LogP contribution in [0.2, 0.25) is 0 Å². The van der Waals surface area contributed by atoms with Crippen LogP contribution >= 0.6 is 11.3 Å². The van der Waals surface area contributed by atoms with E-state index in [9.17, 15) is 9.59 Å². The van der Waals surface area contributed by atoms with Crippen molar-refractivity contribution in [1.29, 1.82) is 0 Å². The van der Waals surface area contributed by atoms with Crippen LogP contribution in [-0.2, 0) is 20.9 Å². The van der Waals surface area contributed by atoms with Gasteiger partial charge in [-0.25, -0.2) is 9.78 Å². The summed E-state index contributed by atoms with van der Waals surface area (Å²) in [5.41, 5.74) is 1.35. The van der Waals surface area contributed by atoms with Crippen LogP contribution < -0.4 is 0 Å². The lowest BCUT2D eigenvalue weighted by Gasteiger charge is -2.15. The standard InChI is InChI=1S/C18H16N2O4S/c1-20(11-13-5-4-10-25-13)17(21)12-23-18(22)9-8-16-19-14-6-2-3-7-15(14)24-16/h2-10H,11-12H2,1H3/b9-8+. The highest BCUT2D eigenvalue weighted by atomic mass is 32.1. The van der Waals surface area contributed by atoms with E-state index in [4.69, 9.17) is 9.15 Å². The third-order valence-electron chi connectivity index (χ3n) is 3.41. The summed E-state index contributed by atoms with van der Waals surface area (Å²) in [7, 11) is 1.67. The quantitative estimate of drug-likeness (QED) is 0.501. The lowest BCUT2D eigenvalue weighted by molar-refractivity contribution is -0.147. The van der Waals surface area contributed by atoms with Gasteiger partial charge in [0.2, 0.25) is 5.89 Å². The summed E-state index contributed by atoms with van der Waals surface area (Å²) in [6.07, 6.45) is 2.61. The monoisotopic (exact) mass is 356 g/mol. The molecule has 0 aliphatic heterocycles. The summed E-state index contributed by atoms with van der Waals surface area (Å²) >= 11 is 1.57. The average Bonchev–Trinajstić information content (AvgIpc) is 3.26. The van der Waals surface area contributed by atoms with Crippen molar-refractivity contribution in [1.82, 2.24) is 9.88 Å². The molecule has 0 bridgehead atoms. The number of carbonyl (C=O) groups is 2. The first-order valence-electron chi connectivity index (χ1n) is 7.58. The molecule has 2 aromatic heterocycles. The number of benzene rings is 1. The predicted octanol–water partition coefficient (Wildman–Crippen LogP) is 3.10. The number of esters is 1. The van der Waals surface area contributed by atoms with Gasteiger partial charge in [0.25, 0.3) is 5.91 Å². The first kappa shape index (κ1) is 16.9. The number of aromatic nitrogens is 1. The number of oxazole rings is 1. The molecule has 0 radical (unpaired) electrons. The summed E-state index contributed by atoms with van der Waals surface area (Å²) in [4.78, 5) is 30.5. The maximum Gasteiger partial charge on any atom is 0.331 e. The molecule has 0 aliphatic carbocycles. The van der Waals surface area contributed by atoms with Crippen LogP contribution in [0.15, 0.2) is 52.3 Å². The Hall–Kier alpha value is -2.93. The van der Waals surface area contributed by atoms with Gasteiger partial charge < -0.3 is 14.1 Å². The maximum absolute atomic E-state index is 12.0. The number of nitrogens with zero attached hydrogens (tertiary/aromatic N) is 2. The van der Waals surface area contributed by atoms with Crippen LogP contribution in [-0.4, -0.2) is 35.4 Å². The molecule has 0 N–H and O–H groups in total. The molecule has 0 saturated carbocycles. The largest absolute Gasteiger partial charge is 0.452 e. The lowest BCUT2D eigenvalue weighted by Crippen LogP contribution is -2.30. The highest BCUT2D eigenvalue weighted by Gasteiger charge is 2.12. The van der Waals surface area contributed by atoms with Gasteiger partial charge in [0.05, 0.1) is 6.54 Å². The molecule has 0 fully saturated rings. The molecule has 25 heavy (non-hydrogen) atoms. The van der Waals surface area contributed by atoms with Crippen LogP contribution in [0.4, 0.5) is 0 Å². The number of amides is 1. The zero-order valence-corrected chi connectivity index (χ0v) is 14.4. The summed E-state index contributed by atoms with van der Waals surface area (Å²) < 4.78 is 10.4. The summed E-state index contributed by atoms with van der Waals surface area (Å²) in [6, 6.07) is 11.2. The van der Waals surface area contributed by atoms with Crippen LogP contribution in [0, 0.1) is 0 Å². The van der Waals surface area contributed by atoms with E-state index in [0.29, 0.717) is 23.5 Å². The Morgan fingerprint density at radius 1 is 1.28 bits per heavy atom. The fourth-order valence-corrected chi connectivity index (χ4v) is 2.87. The van der Waals surface area contributed by atoms with Crippen LogP contribution in [0.5, 0.6) is 0 Å². The fourth-order valence-electron chi connectivity index (χ4n) is 2.12. The molecule has 7 heteroatoms. The minimum Gasteiger partial charge on any atom is -0.452 e. The van der Waals surface area contributed by atoms with E-state index in [1.807, 2.05) is 35.7 Å². The SMILES string of the molecule is CN(Cc1cccs1)C(=O)COC(=O)/C=C/c1nc2ccccc2o1. The van der Waals surface area contributed by atoms with E-state index >= 15 is 0 Å². The molecule has 1 amide bonds. The van der Waals surface area contributed by atoms with Gasteiger partial charge in [-0.1, -0.05) is 18.2 Å². The Balaban J connectivity index is 1.49. The second-order valence-electron chi connectivity index (χ2n) is 5.29. The molecule has 6 nitrogen and oxygen atoms in total. The van der Waals surface area contributed by atoms with E-state index in [0.717, 1.165) is 4.88 Å². The number of thiophene rings is 1. The topological polar surface area (TPSA) is 72.6 Å². The first-order valence-corrected chi connectivity index (χ1v) is 8.46. The van der Waals surface area contributed by atoms with Crippen molar-refractivity contribution >= 4 is 40.4 Å². The molecule has 0 atom stereocenters. The maximum atomic E-state index is 12.0. The van der Waals surface area contributed by atoms with E-state index in [-0.39, 0.29) is 12.5 Å². The van der Waals surface area contributed by atoms with Gasteiger partial charge >= 0.3 is 5.97 Å². The van der Waals surface area contributed by atoms with Gasteiger partial charge in [-0.3, -0.25) is 4.79 Å². The van der Waals surface area contributed by atoms with Gasteiger partial charge in [0.15, 0.2) is 12.2 Å². The third-order valence-corrected chi connectivity index (χ3v) is 4.27. The number of ether oxygens (including phenoxy) is 1. The zero-order valence-electron chi connectivity index (χ0n) is 13.5. The van der Waals surface area contributed by atoms with Crippen molar-refractivity contribution in [2.45, 2.75) is 6.54 Å². The summed E-state index contributed by atoms with van der Waals surface area (Å²) in [6.45, 7) is 0.186. The number of fused-ring (bicyclic) bond motifs is 1. The van der Waals surface area contributed by atoms with Crippen molar-refractivity contribution in [3.63, 3.8) is 0 Å². The predicted molar refractivity (Wildman–Crippen MR) is 94.8 cm³/mol. The van der Waals surface area contributed by atoms with E-state index in [2.05, 4.69) is 4.98 Å². The Labute approximate surface area is 148 Å². The van der Waals surface area contributed by atoms with Gasteiger partial charge in [-0.05, 0) is 23.6 Å². The number of hydrogen-bond acceptors (Lipinski definition) is 6. The van der Waals surface area contributed by atoms with Crippen molar-refractivity contribution in [2.24, 2.45) is 0 Å². The normalized spacial score (nSPS) is 11.1. The highest BCUT2D eigenvalue weighted by Crippen LogP contribution is 2.15. The summed E-state index contributed by atoms with van der Waals surface area (Å²) in [5, 5.41) is 1.95. The smallest absolute Gasteiger partial charge is 0.331 e. The van der Waals surface area contributed by atoms with Gasteiger partial charge in [0, 0.05) is 24.1 Å². The molecule has 3 aromatic rings. The molecule has 128 valence electrons. The molecule has 0 unspecified atom stereocenters. The molecule has 1 aromatic carbocycles. The van der Waals surface area contributed by atoms with Gasteiger partial charge in [-0.2, -0.15) is 0 Å². The zero-order chi connectivity index (χ0) is 17.6. The summed E-state index contributed by atoms with van der Waals surface area (Å²) in [5.74, 6) is -0.587. The molecular formula is C18H16N2O4S. The second kappa shape index (κ2) is 7.76. The van der Waals surface area contributed by atoms with Gasteiger partial charge in [0.1, 0.15) is 5.52 Å². The number of rotatable bonds is 6. The Kier molecular flexibility index (Phi) is 5.25. The number of para-hydroxylation sites is 2. The van der Waals surface area contributed by atoms with E-state index < -0.39 is 5.97 Å². The molecule has 2 heterocycles. The lowest BCUT2D eigenvalue weighted by atomic mass is 10.3. The fraction of sp³-hybridized carbons (Fsp3) is 0.167. The Bertz CT molecular complexity index is 866. The number of carbonyl (C=O) groups excluding carboxylic acids is 2. The van der Waals surface area contributed by atoms with Crippen molar-refractivity contribution in [2.75, 3.05) is 13.7 Å². The van der Waals surface area contributed by atoms with Gasteiger partial charge in [-0.15, -0.1) is 11.3 Å². The van der Waals surface area contributed by atoms with Crippen LogP contribution in [0.3, 0.4) is 0 Å². The molecular weight excluding hydrogens is 340 g/mol. The second-order valence-corrected chi connectivity index (χ2v) is 6.32. The van der Waals surface area contributed by atoms with E-state index in [1.165, 1.54) is 17.1 Å². The van der Waals surface area contributed by atoms with Crippen molar-refractivity contribution in [3.05, 3.63) is 58.6 Å².